The topological polar surface area (TPSA) is 0 Å². The van der Waals surface area contributed by atoms with Crippen LogP contribution in [0.5, 0.6) is 0 Å². The molecule has 14 heavy (non-hydrogen) atoms. The molecular weight excluding hydrogens is 262 g/mol. The van der Waals surface area contributed by atoms with E-state index in [0.717, 1.165) is 6.42 Å². The Kier molecular flexibility index (Phi) is 1.74. The number of rotatable bonds is 0. The quantitative estimate of drug-likeness (QED) is 0.458. The highest BCUT2D eigenvalue weighted by molar-refractivity contribution is 6.53. The molecule has 4 heteroatoms. The Morgan fingerprint density at radius 1 is 1.14 bits per heavy atom. The van der Waals surface area contributed by atoms with Crippen LogP contribution in [0, 0.1) is 23.2 Å². The van der Waals surface area contributed by atoms with Crippen LogP contribution < -0.4 is 0 Å². The Bertz CT molecular complexity index is 333. The number of hydrogen-bond donors (Lipinski definition) is 0. The van der Waals surface area contributed by atoms with Gasteiger partial charge < -0.3 is 0 Å². The Morgan fingerprint density at radius 2 is 1.79 bits per heavy atom. The van der Waals surface area contributed by atoms with Crippen LogP contribution in [-0.2, 0) is 0 Å². The average Bonchev–Trinajstić information content (AvgIpc) is 2.74. The molecule has 0 radical (unpaired) electrons. The van der Waals surface area contributed by atoms with Crippen LogP contribution in [-0.4, -0.2) is 8.67 Å². The highest BCUT2D eigenvalue weighted by atomic mass is 35.5. The number of fused-ring (bicyclic) bond motifs is 2. The molecule has 3 unspecified atom stereocenters. The first-order chi connectivity index (χ1) is 6.32. The Hall–Kier alpha value is 0.900. The summed E-state index contributed by atoms with van der Waals surface area (Å²) in [5.74, 6) is 0.909. The summed E-state index contributed by atoms with van der Waals surface area (Å²) in [4.78, 5) is 0. The van der Waals surface area contributed by atoms with Crippen LogP contribution in [0.4, 0.5) is 0 Å². The predicted molar refractivity (Wildman–Crippen MR) is 61.2 cm³/mol. The van der Waals surface area contributed by atoms with Crippen molar-refractivity contribution in [2.45, 2.75) is 22.0 Å². The number of allylic oxidation sites excluding steroid dienone is 2. The van der Waals surface area contributed by atoms with Crippen molar-refractivity contribution < 1.29 is 0 Å². The second-order valence-corrected chi connectivity index (χ2v) is 7.74. The lowest BCUT2D eigenvalue weighted by Crippen LogP contribution is -2.07. The molecule has 2 fully saturated rings. The molecule has 0 aromatic heterocycles. The summed E-state index contributed by atoms with van der Waals surface area (Å²) in [5.41, 5.74) is -0.0302. The van der Waals surface area contributed by atoms with Gasteiger partial charge >= 0.3 is 0 Å². The fraction of sp³-hybridized carbons (Fsp3) is 0.800. The van der Waals surface area contributed by atoms with Crippen LogP contribution in [0.2, 0.25) is 0 Å². The van der Waals surface area contributed by atoms with Crippen LogP contribution in [0.25, 0.3) is 0 Å². The van der Waals surface area contributed by atoms with Crippen molar-refractivity contribution in [2.75, 3.05) is 0 Å². The van der Waals surface area contributed by atoms with Crippen molar-refractivity contribution in [1.82, 2.24) is 0 Å². The fourth-order valence-corrected chi connectivity index (χ4v) is 4.50. The molecule has 3 rings (SSSR count). The molecule has 0 aromatic carbocycles. The monoisotopic (exact) mass is 270 g/mol. The summed E-state index contributed by atoms with van der Waals surface area (Å²) in [6.45, 7) is 2.12. The smallest absolute Gasteiger partial charge is 0.101 e. The first-order valence-electron chi connectivity index (χ1n) is 4.76. The molecule has 0 aliphatic heterocycles. The minimum absolute atomic E-state index is 0.0302. The van der Waals surface area contributed by atoms with E-state index in [-0.39, 0.29) is 11.3 Å². The number of halogens is 4. The zero-order chi connectivity index (χ0) is 10.4. The molecule has 78 valence electrons. The van der Waals surface area contributed by atoms with E-state index in [1.807, 2.05) is 0 Å². The highest BCUT2D eigenvalue weighted by Crippen LogP contribution is 2.78. The first kappa shape index (κ1) is 10.1. The van der Waals surface area contributed by atoms with Crippen molar-refractivity contribution in [3.8, 4) is 0 Å². The van der Waals surface area contributed by atoms with Crippen molar-refractivity contribution in [3.63, 3.8) is 0 Å². The van der Waals surface area contributed by atoms with Gasteiger partial charge in [-0.05, 0) is 6.42 Å². The van der Waals surface area contributed by atoms with Gasteiger partial charge in [-0.15, -0.1) is 46.4 Å². The maximum absolute atomic E-state index is 6.23. The molecule has 0 heterocycles. The highest BCUT2D eigenvalue weighted by Gasteiger charge is 2.77. The number of hydrogen-bond acceptors (Lipinski definition) is 0. The summed E-state index contributed by atoms with van der Waals surface area (Å²) >= 11 is 24.8. The van der Waals surface area contributed by atoms with Crippen LogP contribution in [0.3, 0.4) is 0 Å². The zero-order valence-corrected chi connectivity index (χ0v) is 10.6. The van der Waals surface area contributed by atoms with Crippen LogP contribution in [0.1, 0.15) is 13.3 Å². The molecule has 3 aliphatic carbocycles. The van der Waals surface area contributed by atoms with Gasteiger partial charge in [0.1, 0.15) is 8.67 Å². The van der Waals surface area contributed by atoms with E-state index in [2.05, 4.69) is 19.1 Å². The lowest BCUT2D eigenvalue weighted by Gasteiger charge is -2.11. The van der Waals surface area contributed by atoms with Gasteiger partial charge in [0.15, 0.2) is 0 Å². The summed E-state index contributed by atoms with van der Waals surface area (Å²) < 4.78 is -1.18. The summed E-state index contributed by atoms with van der Waals surface area (Å²) in [6, 6.07) is 0. The van der Waals surface area contributed by atoms with Gasteiger partial charge in [0, 0.05) is 23.2 Å². The van der Waals surface area contributed by atoms with Gasteiger partial charge in [-0.3, -0.25) is 0 Å². The lowest BCUT2D eigenvalue weighted by atomic mass is 9.99. The molecule has 0 amide bonds. The molecule has 0 saturated heterocycles. The van der Waals surface area contributed by atoms with Gasteiger partial charge in [0.25, 0.3) is 0 Å². The lowest BCUT2D eigenvalue weighted by molar-refractivity contribution is 0.447. The Morgan fingerprint density at radius 3 is 2.43 bits per heavy atom. The van der Waals surface area contributed by atoms with E-state index < -0.39 is 8.67 Å². The first-order valence-corrected chi connectivity index (χ1v) is 6.27. The van der Waals surface area contributed by atoms with E-state index in [4.69, 9.17) is 46.4 Å². The SMILES string of the molecule is C[C@]12CC3C(C=CC1C2(Cl)Cl)C3(Cl)Cl. The molecule has 0 bridgehead atoms. The second-order valence-electron chi connectivity index (χ2n) is 4.91. The van der Waals surface area contributed by atoms with Crippen molar-refractivity contribution in [2.24, 2.45) is 23.2 Å². The Labute approximate surface area is 104 Å². The Balaban J connectivity index is 1.93. The third-order valence-corrected chi connectivity index (χ3v) is 6.57. The van der Waals surface area contributed by atoms with Crippen molar-refractivity contribution in [1.29, 1.82) is 0 Å². The van der Waals surface area contributed by atoms with Gasteiger partial charge in [0.2, 0.25) is 0 Å². The van der Waals surface area contributed by atoms with Gasteiger partial charge in [0.05, 0.1) is 0 Å². The molecule has 4 atom stereocenters. The molecule has 0 N–H and O–H groups in total. The van der Waals surface area contributed by atoms with Crippen LogP contribution in [0.15, 0.2) is 12.2 Å². The van der Waals surface area contributed by atoms with E-state index in [1.54, 1.807) is 0 Å². The predicted octanol–water partition coefficient (Wildman–Crippen LogP) is 4.18. The maximum atomic E-state index is 6.23. The van der Waals surface area contributed by atoms with E-state index in [1.165, 1.54) is 0 Å². The minimum Gasteiger partial charge on any atom is -0.101 e. The fourth-order valence-electron chi connectivity index (χ4n) is 2.84. The molecule has 0 aromatic rings. The van der Waals surface area contributed by atoms with E-state index in [0.29, 0.717) is 11.8 Å². The molecule has 0 spiro atoms. The van der Waals surface area contributed by atoms with Gasteiger partial charge in [-0.25, -0.2) is 0 Å². The van der Waals surface area contributed by atoms with Crippen LogP contribution >= 0.6 is 46.4 Å². The van der Waals surface area contributed by atoms with E-state index in [9.17, 15) is 0 Å². The second kappa shape index (κ2) is 2.42. The third-order valence-electron chi connectivity index (χ3n) is 4.17. The molecule has 0 nitrogen and oxygen atoms in total. The summed E-state index contributed by atoms with van der Waals surface area (Å²) in [5, 5.41) is 0. The minimum atomic E-state index is -0.610. The standard InChI is InChI=1S/C10H10Cl4/c1-8-4-6-5(9(6,11)12)2-3-7(8)10(8,13)14/h2-3,5-7H,4H2,1H3/t5?,6?,7?,8-/m0/s1. The summed E-state index contributed by atoms with van der Waals surface area (Å²) in [7, 11) is 0. The van der Waals surface area contributed by atoms with Crippen molar-refractivity contribution in [3.05, 3.63) is 12.2 Å². The normalized spacial score (nSPS) is 55.6. The number of alkyl halides is 4. The van der Waals surface area contributed by atoms with Gasteiger partial charge in [-0.1, -0.05) is 19.1 Å². The third kappa shape index (κ3) is 0.948. The zero-order valence-electron chi connectivity index (χ0n) is 7.61. The van der Waals surface area contributed by atoms with Gasteiger partial charge in [-0.2, -0.15) is 0 Å². The molecular formula is C10H10Cl4. The van der Waals surface area contributed by atoms with E-state index >= 15 is 0 Å². The molecule has 3 aliphatic rings. The largest absolute Gasteiger partial charge is 0.131 e. The maximum Gasteiger partial charge on any atom is 0.131 e. The average molecular weight is 272 g/mol. The van der Waals surface area contributed by atoms with Crippen molar-refractivity contribution >= 4 is 46.4 Å². The molecule has 2 saturated carbocycles. The summed E-state index contributed by atoms with van der Waals surface area (Å²) in [6.07, 6.45) is 5.11.